The third kappa shape index (κ3) is 5.35. The zero-order valence-electron chi connectivity index (χ0n) is 21.1. The van der Waals surface area contributed by atoms with E-state index in [1.807, 2.05) is 6.92 Å². The molecule has 2 aromatic heterocycles. The van der Waals surface area contributed by atoms with Crippen molar-refractivity contribution in [2.24, 2.45) is 0 Å². The van der Waals surface area contributed by atoms with Crippen molar-refractivity contribution in [3.8, 4) is 17.2 Å². The maximum absolute atomic E-state index is 13.6. The second-order valence-electron chi connectivity index (χ2n) is 8.47. The number of nitrogens with one attached hydrogen (secondary N) is 1. The van der Waals surface area contributed by atoms with E-state index in [0.29, 0.717) is 41.1 Å². The van der Waals surface area contributed by atoms with E-state index >= 15 is 0 Å². The Kier molecular flexibility index (Phi) is 8.17. The summed E-state index contributed by atoms with van der Waals surface area (Å²) in [6, 6.07) is 5.26. The molecule has 1 aliphatic heterocycles. The second kappa shape index (κ2) is 11.2. The molecule has 1 saturated heterocycles. The Labute approximate surface area is 220 Å². The lowest BCUT2D eigenvalue weighted by atomic mass is 10.0. The van der Waals surface area contributed by atoms with Crippen LogP contribution >= 0.6 is 11.6 Å². The molecule has 0 radical (unpaired) electrons. The van der Waals surface area contributed by atoms with Gasteiger partial charge in [0.05, 0.1) is 25.3 Å². The predicted molar refractivity (Wildman–Crippen MR) is 136 cm³/mol. The molecule has 200 valence electrons. The van der Waals surface area contributed by atoms with Gasteiger partial charge >= 0.3 is 0 Å². The molecule has 14 heteroatoms. The van der Waals surface area contributed by atoms with Crippen molar-refractivity contribution in [1.82, 2.24) is 24.7 Å². The quantitative estimate of drug-likeness (QED) is 0.399. The molecule has 0 aliphatic carbocycles. The summed E-state index contributed by atoms with van der Waals surface area (Å²) in [6.07, 6.45) is 2.33. The van der Waals surface area contributed by atoms with E-state index in [2.05, 4.69) is 24.9 Å². The number of sulfonamides is 1. The highest BCUT2D eigenvalue weighted by Gasteiger charge is 2.37. The van der Waals surface area contributed by atoms with E-state index in [9.17, 15) is 8.42 Å². The standard InChI is InChI=1S/C23H29ClN6O6S/c1-13-16(9-10-36-13)22-27-28-23(30(22)19-17(33-3)7-6-8-18(19)34-4)29-37(31,32)14(2)20(35-5)21-25-11-15(24)12-26-21/h6-8,11-14,16,20H,9-10H2,1-5H3,(H,28,29)/t13-,14?,16-,20?/m0/s1. The number of rotatable bonds is 10. The topological polar surface area (TPSA) is 140 Å². The first-order valence-electron chi connectivity index (χ1n) is 11.5. The molecular weight excluding hydrogens is 524 g/mol. The average Bonchev–Trinajstić information content (AvgIpc) is 3.49. The van der Waals surface area contributed by atoms with Crippen molar-refractivity contribution in [2.75, 3.05) is 32.7 Å². The number of halogens is 1. The molecule has 1 aromatic carbocycles. The van der Waals surface area contributed by atoms with Gasteiger partial charge in [0.2, 0.25) is 16.0 Å². The van der Waals surface area contributed by atoms with Crippen LogP contribution in [0.1, 0.15) is 43.9 Å². The number of hydrogen-bond acceptors (Lipinski definition) is 10. The molecular formula is C23H29ClN6O6S. The second-order valence-corrected chi connectivity index (χ2v) is 10.9. The molecule has 3 heterocycles. The van der Waals surface area contributed by atoms with Crippen molar-refractivity contribution in [3.05, 3.63) is 47.3 Å². The first-order valence-corrected chi connectivity index (χ1v) is 13.4. The molecule has 12 nitrogen and oxygen atoms in total. The fourth-order valence-corrected chi connectivity index (χ4v) is 5.53. The van der Waals surface area contributed by atoms with E-state index in [-0.39, 0.29) is 23.8 Å². The van der Waals surface area contributed by atoms with Gasteiger partial charge in [0.1, 0.15) is 34.4 Å². The summed E-state index contributed by atoms with van der Waals surface area (Å²) in [7, 11) is 0.322. The van der Waals surface area contributed by atoms with E-state index in [1.54, 1.807) is 22.8 Å². The van der Waals surface area contributed by atoms with Gasteiger partial charge < -0.3 is 18.9 Å². The van der Waals surface area contributed by atoms with Crippen LogP contribution in [0.25, 0.3) is 5.69 Å². The van der Waals surface area contributed by atoms with Gasteiger partial charge in [0.15, 0.2) is 5.82 Å². The van der Waals surface area contributed by atoms with Crippen LogP contribution in [0.15, 0.2) is 30.6 Å². The van der Waals surface area contributed by atoms with Gasteiger partial charge in [-0.3, -0.25) is 9.29 Å². The van der Waals surface area contributed by atoms with Crippen LogP contribution in [0, 0.1) is 0 Å². The molecule has 0 amide bonds. The minimum absolute atomic E-state index is 0.0318. The van der Waals surface area contributed by atoms with Gasteiger partial charge in [-0.25, -0.2) is 18.4 Å². The van der Waals surface area contributed by atoms with Crippen molar-refractivity contribution in [3.63, 3.8) is 0 Å². The van der Waals surface area contributed by atoms with E-state index in [4.69, 9.17) is 30.5 Å². The Morgan fingerprint density at radius 2 is 1.78 bits per heavy atom. The van der Waals surface area contributed by atoms with Crippen LogP contribution in [0.4, 0.5) is 5.95 Å². The number of ether oxygens (including phenoxy) is 4. The summed E-state index contributed by atoms with van der Waals surface area (Å²) < 4.78 is 53.8. The first kappa shape index (κ1) is 27.0. The third-order valence-corrected chi connectivity index (χ3v) is 8.21. The molecule has 4 rings (SSSR count). The van der Waals surface area contributed by atoms with Crippen molar-refractivity contribution >= 4 is 27.6 Å². The van der Waals surface area contributed by atoms with E-state index in [1.165, 1.54) is 40.6 Å². The molecule has 1 aliphatic rings. The largest absolute Gasteiger partial charge is 0.494 e. The molecule has 3 aromatic rings. The molecule has 2 unspecified atom stereocenters. The number of hydrogen-bond donors (Lipinski definition) is 1. The summed E-state index contributed by atoms with van der Waals surface area (Å²) in [5.74, 6) is 1.43. The van der Waals surface area contributed by atoms with Gasteiger partial charge in [-0.1, -0.05) is 17.7 Å². The van der Waals surface area contributed by atoms with Crippen LogP contribution in [0.3, 0.4) is 0 Å². The normalized spacial score (nSPS) is 19.4. The highest BCUT2D eigenvalue weighted by molar-refractivity contribution is 7.93. The Morgan fingerprint density at radius 1 is 1.14 bits per heavy atom. The fourth-order valence-electron chi connectivity index (χ4n) is 4.30. The number of anilines is 1. The lowest BCUT2D eigenvalue weighted by molar-refractivity contribution is 0.0950. The van der Waals surface area contributed by atoms with Crippen molar-refractivity contribution < 1.29 is 27.4 Å². The summed E-state index contributed by atoms with van der Waals surface area (Å²) in [5, 5.41) is 7.81. The van der Waals surface area contributed by atoms with Crippen LogP contribution in [-0.2, 0) is 19.5 Å². The van der Waals surface area contributed by atoms with Crippen molar-refractivity contribution in [1.29, 1.82) is 0 Å². The van der Waals surface area contributed by atoms with Gasteiger partial charge in [0, 0.05) is 32.0 Å². The Hall–Kier alpha value is -3.00. The number of methoxy groups -OCH3 is 3. The molecule has 0 saturated carbocycles. The molecule has 1 N–H and O–H groups in total. The SMILES string of the molecule is COc1cccc(OC)c1-n1c(NS(=O)(=O)C(C)C(OC)c2ncc(Cl)cn2)nnc1[C@H]1CCO[C@H]1C. The predicted octanol–water partition coefficient (Wildman–Crippen LogP) is 3.14. The highest BCUT2D eigenvalue weighted by Crippen LogP contribution is 2.40. The van der Waals surface area contributed by atoms with E-state index in [0.717, 1.165) is 0 Å². The number of nitrogens with zero attached hydrogens (tertiary/aromatic N) is 5. The maximum atomic E-state index is 13.6. The molecule has 37 heavy (non-hydrogen) atoms. The fraction of sp³-hybridized carbons (Fsp3) is 0.478. The van der Waals surface area contributed by atoms with Crippen LogP contribution < -0.4 is 14.2 Å². The number of aromatic nitrogens is 5. The first-order chi connectivity index (χ1) is 17.7. The number of benzene rings is 1. The lowest BCUT2D eigenvalue weighted by Crippen LogP contribution is -2.33. The summed E-state index contributed by atoms with van der Waals surface area (Å²) >= 11 is 5.88. The van der Waals surface area contributed by atoms with Gasteiger partial charge in [-0.15, -0.1) is 10.2 Å². The Morgan fingerprint density at radius 3 is 2.32 bits per heavy atom. The maximum Gasteiger partial charge on any atom is 0.243 e. The zero-order valence-corrected chi connectivity index (χ0v) is 22.7. The molecule has 1 fully saturated rings. The van der Waals surface area contributed by atoms with Gasteiger partial charge in [-0.05, 0) is 32.4 Å². The van der Waals surface area contributed by atoms with Crippen LogP contribution in [0.5, 0.6) is 11.5 Å². The minimum Gasteiger partial charge on any atom is -0.494 e. The Bertz CT molecular complexity index is 1310. The zero-order chi connectivity index (χ0) is 26.7. The van der Waals surface area contributed by atoms with Gasteiger partial charge in [-0.2, -0.15) is 0 Å². The number of para-hydroxylation sites is 1. The summed E-state index contributed by atoms with van der Waals surface area (Å²) in [4.78, 5) is 8.25. The van der Waals surface area contributed by atoms with Gasteiger partial charge in [0.25, 0.3) is 0 Å². The van der Waals surface area contributed by atoms with Crippen LogP contribution in [-0.4, -0.2) is 72.4 Å². The van der Waals surface area contributed by atoms with Crippen molar-refractivity contribution in [2.45, 2.75) is 43.6 Å². The summed E-state index contributed by atoms with van der Waals surface area (Å²) in [5.41, 5.74) is 0.460. The average molecular weight is 553 g/mol. The third-order valence-electron chi connectivity index (χ3n) is 6.32. The Balaban J connectivity index is 1.80. The molecule has 0 bridgehead atoms. The van der Waals surface area contributed by atoms with Crippen LogP contribution in [0.2, 0.25) is 5.02 Å². The van der Waals surface area contributed by atoms with E-state index < -0.39 is 21.4 Å². The monoisotopic (exact) mass is 552 g/mol. The molecule has 0 spiro atoms. The smallest absolute Gasteiger partial charge is 0.243 e. The lowest BCUT2D eigenvalue weighted by Gasteiger charge is -2.23. The highest BCUT2D eigenvalue weighted by atomic mass is 35.5. The minimum atomic E-state index is -4.10. The molecule has 4 atom stereocenters. The summed E-state index contributed by atoms with van der Waals surface area (Å²) in [6.45, 7) is 3.99.